The van der Waals surface area contributed by atoms with E-state index in [0.717, 1.165) is 5.56 Å². The first-order chi connectivity index (χ1) is 11.8. The minimum Gasteiger partial charge on any atom is -0.459 e. The Labute approximate surface area is 148 Å². The van der Waals surface area contributed by atoms with Gasteiger partial charge in [0.05, 0.1) is 0 Å². The number of hydrogen-bond donors (Lipinski definition) is 0. The zero-order chi connectivity index (χ0) is 18.4. The van der Waals surface area contributed by atoms with Crippen LogP contribution in [0.25, 0.3) is 0 Å². The van der Waals surface area contributed by atoms with Crippen molar-refractivity contribution in [3.05, 3.63) is 35.9 Å². The van der Waals surface area contributed by atoms with Crippen LogP contribution in [-0.4, -0.2) is 41.4 Å². The maximum absolute atomic E-state index is 12.2. The van der Waals surface area contributed by atoms with Crippen LogP contribution in [0.4, 0.5) is 4.79 Å². The van der Waals surface area contributed by atoms with Crippen LogP contribution in [0, 0.1) is 5.92 Å². The first-order valence-corrected chi connectivity index (χ1v) is 8.47. The molecule has 25 heavy (non-hydrogen) atoms. The van der Waals surface area contributed by atoms with Crippen LogP contribution < -0.4 is 0 Å². The van der Waals surface area contributed by atoms with Gasteiger partial charge in [-0.2, -0.15) is 0 Å². The molecule has 6 nitrogen and oxygen atoms in total. The SMILES string of the molecule is CC(C)(C)OC(=O)C1CCN(C(=O)OCc2ccccc2)CCC1=O. The molecule has 1 amide bonds. The highest BCUT2D eigenvalue weighted by atomic mass is 16.6. The average molecular weight is 347 g/mol. The van der Waals surface area contributed by atoms with E-state index in [-0.39, 0.29) is 31.8 Å². The fourth-order valence-corrected chi connectivity index (χ4v) is 2.59. The Morgan fingerprint density at radius 3 is 2.48 bits per heavy atom. The Balaban J connectivity index is 1.90. The number of amides is 1. The fraction of sp³-hybridized carbons (Fsp3) is 0.526. The number of carbonyl (C=O) groups excluding carboxylic acids is 3. The fourth-order valence-electron chi connectivity index (χ4n) is 2.59. The Morgan fingerprint density at radius 2 is 1.84 bits per heavy atom. The summed E-state index contributed by atoms with van der Waals surface area (Å²) in [5.41, 5.74) is 0.256. The van der Waals surface area contributed by atoms with E-state index in [1.165, 1.54) is 4.90 Å². The van der Waals surface area contributed by atoms with Crippen molar-refractivity contribution in [2.24, 2.45) is 5.92 Å². The molecule has 2 rings (SSSR count). The van der Waals surface area contributed by atoms with Crippen molar-refractivity contribution in [1.29, 1.82) is 0 Å². The molecule has 6 heteroatoms. The van der Waals surface area contributed by atoms with E-state index in [9.17, 15) is 14.4 Å². The molecule has 0 N–H and O–H groups in total. The van der Waals surface area contributed by atoms with Crippen LogP contribution in [0.1, 0.15) is 39.2 Å². The van der Waals surface area contributed by atoms with Crippen molar-refractivity contribution >= 4 is 17.8 Å². The molecule has 1 atom stereocenters. The highest BCUT2D eigenvalue weighted by molar-refractivity contribution is 5.99. The molecule has 0 spiro atoms. The zero-order valence-corrected chi connectivity index (χ0v) is 15.0. The lowest BCUT2D eigenvalue weighted by molar-refractivity contribution is -0.162. The Bertz CT molecular complexity index is 620. The molecule has 1 aliphatic heterocycles. The number of esters is 1. The van der Waals surface area contributed by atoms with Gasteiger partial charge in [0.15, 0.2) is 0 Å². The molecular weight excluding hydrogens is 322 g/mol. The molecule has 0 aromatic heterocycles. The Morgan fingerprint density at radius 1 is 1.16 bits per heavy atom. The second-order valence-corrected chi connectivity index (χ2v) is 7.12. The maximum Gasteiger partial charge on any atom is 0.410 e. The number of Topliss-reactive ketones (excluding diaryl/α,β-unsaturated/α-hetero) is 1. The van der Waals surface area contributed by atoms with E-state index < -0.39 is 23.6 Å². The van der Waals surface area contributed by atoms with Crippen molar-refractivity contribution in [2.45, 2.75) is 45.8 Å². The van der Waals surface area contributed by atoms with Crippen molar-refractivity contribution in [3.63, 3.8) is 0 Å². The largest absolute Gasteiger partial charge is 0.459 e. The van der Waals surface area contributed by atoms with Gasteiger partial charge in [0, 0.05) is 19.5 Å². The third kappa shape index (κ3) is 5.89. The lowest BCUT2D eigenvalue weighted by Crippen LogP contribution is -2.34. The summed E-state index contributed by atoms with van der Waals surface area (Å²) >= 11 is 0. The topological polar surface area (TPSA) is 72.9 Å². The van der Waals surface area contributed by atoms with E-state index >= 15 is 0 Å². The number of likely N-dealkylation sites (tertiary alicyclic amines) is 1. The van der Waals surface area contributed by atoms with Crippen LogP contribution in [0.2, 0.25) is 0 Å². The third-order valence-electron chi connectivity index (χ3n) is 3.86. The minimum absolute atomic E-state index is 0.129. The molecule has 0 saturated carbocycles. The van der Waals surface area contributed by atoms with Crippen molar-refractivity contribution < 1.29 is 23.9 Å². The number of benzene rings is 1. The summed E-state index contributed by atoms with van der Waals surface area (Å²) in [6.45, 7) is 6.02. The predicted octanol–water partition coefficient (Wildman–Crippen LogP) is 2.95. The van der Waals surface area contributed by atoms with Gasteiger partial charge in [-0.1, -0.05) is 30.3 Å². The van der Waals surface area contributed by atoms with E-state index in [2.05, 4.69) is 0 Å². The van der Waals surface area contributed by atoms with Gasteiger partial charge in [-0.05, 0) is 32.8 Å². The van der Waals surface area contributed by atoms with Crippen LogP contribution in [0.3, 0.4) is 0 Å². The summed E-state index contributed by atoms with van der Waals surface area (Å²) in [6, 6.07) is 9.39. The predicted molar refractivity (Wildman–Crippen MR) is 91.8 cm³/mol. The summed E-state index contributed by atoms with van der Waals surface area (Å²) in [4.78, 5) is 38.1. The smallest absolute Gasteiger partial charge is 0.410 e. The van der Waals surface area contributed by atoms with E-state index in [1.54, 1.807) is 20.8 Å². The zero-order valence-electron chi connectivity index (χ0n) is 15.0. The highest BCUT2D eigenvalue weighted by Crippen LogP contribution is 2.20. The molecule has 1 unspecified atom stereocenters. The van der Waals surface area contributed by atoms with Gasteiger partial charge in [-0.15, -0.1) is 0 Å². The van der Waals surface area contributed by atoms with Crippen LogP contribution in [0.15, 0.2) is 30.3 Å². The summed E-state index contributed by atoms with van der Waals surface area (Å²) in [6.07, 6.45) is -0.0834. The van der Waals surface area contributed by atoms with Gasteiger partial charge in [0.25, 0.3) is 0 Å². The molecule has 1 heterocycles. The number of rotatable bonds is 3. The standard InChI is InChI=1S/C19H25NO5/c1-19(2,3)25-17(22)15-9-11-20(12-10-16(15)21)18(23)24-13-14-7-5-4-6-8-14/h4-8,15H,9-13H2,1-3H3. The first kappa shape index (κ1) is 19.0. The maximum atomic E-state index is 12.2. The molecule has 0 bridgehead atoms. The number of carbonyl (C=O) groups is 3. The molecular formula is C19H25NO5. The second kappa shape index (κ2) is 8.14. The minimum atomic E-state index is -0.814. The molecule has 0 radical (unpaired) electrons. The third-order valence-corrected chi connectivity index (χ3v) is 3.86. The van der Waals surface area contributed by atoms with Gasteiger partial charge >= 0.3 is 12.1 Å². The second-order valence-electron chi connectivity index (χ2n) is 7.12. The van der Waals surface area contributed by atoms with Gasteiger partial charge in [-0.25, -0.2) is 4.79 Å². The first-order valence-electron chi connectivity index (χ1n) is 8.47. The molecule has 1 fully saturated rings. The molecule has 1 aliphatic rings. The Hall–Kier alpha value is -2.37. The summed E-state index contributed by atoms with van der Waals surface area (Å²) < 4.78 is 10.6. The number of ether oxygens (including phenoxy) is 2. The Kier molecular flexibility index (Phi) is 6.17. The van der Waals surface area contributed by atoms with Crippen molar-refractivity contribution in [3.8, 4) is 0 Å². The summed E-state index contributed by atoms with van der Waals surface area (Å²) in [5.74, 6) is -1.52. The lowest BCUT2D eigenvalue weighted by atomic mass is 9.99. The normalized spacial score (nSPS) is 18.4. The van der Waals surface area contributed by atoms with Crippen molar-refractivity contribution in [1.82, 2.24) is 4.90 Å². The van der Waals surface area contributed by atoms with Gasteiger partial charge in [-0.3, -0.25) is 9.59 Å². The molecule has 136 valence electrons. The molecule has 1 saturated heterocycles. The van der Waals surface area contributed by atoms with Crippen molar-refractivity contribution in [2.75, 3.05) is 13.1 Å². The molecule has 1 aromatic rings. The van der Waals surface area contributed by atoms with E-state index in [1.807, 2.05) is 30.3 Å². The highest BCUT2D eigenvalue weighted by Gasteiger charge is 2.34. The summed E-state index contributed by atoms with van der Waals surface area (Å²) in [5, 5.41) is 0. The van der Waals surface area contributed by atoms with Crippen LogP contribution in [0.5, 0.6) is 0 Å². The van der Waals surface area contributed by atoms with Crippen LogP contribution >= 0.6 is 0 Å². The van der Waals surface area contributed by atoms with Gasteiger partial charge in [0.1, 0.15) is 23.9 Å². The van der Waals surface area contributed by atoms with Gasteiger partial charge < -0.3 is 14.4 Å². The van der Waals surface area contributed by atoms with Crippen LogP contribution in [-0.2, 0) is 25.7 Å². The van der Waals surface area contributed by atoms with Gasteiger partial charge in [0.2, 0.25) is 0 Å². The number of nitrogens with zero attached hydrogens (tertiary/aromatic N) is 1. The molecule has 0 aliphatic carbocycles. The molecule has 1 aromatic carbocycles. The monoisotopic (exact) mass is 347 g/mol. The van der Waals surface area contributed by atoms with E-state index in [4.69, 9.17) is 9.47 Å². The quantitative estimate of drug-likeness (QED) is 0.621. The lowest BCUT2D eigenvalue weighted by Gasteiger charge is -2.23. The number of hydrogen-bond acceptors (Lipinski definition) is 5. The van der Waals surface area contributed by atoms with E-state index in [0.29, 0.717) is 6.54 Å². The summed E-state index contributed by atoms with van der Waals surface area (Å²) in [7, 11) is 0. The average Bonchev–Trinajstić information content (AvgIpc) is 2.74. The number of ketones is 1.